The molecule has 1 aromatic heterocycles. The minimum atomic E-state index is -0.374. The third-order valence-electron chi connectivity index (χ3n) is 2.79. The van der Waals surface area contributed by atoms with Crippen LogP contribution in [0.1, 0.15) is 19.6 Å². The third-order valence-corrected chi connectivity index (χ3v) is 2.79. The predicted octanol–water partition coefficient (Wildman–Crippen LogP) is 0.935. The Kier molecular flexibility index (Phi) is 2.78. The Hall–Kier alpha value is -1.62. The van der Waals surface area contributed by atoms with E-state index in [-0.39, 0.29) is 29.8 Å². The van der Waals surface area contributed by atoms with Gasteiger partial charge in [-0.15, -0.1) is 6.58 Å². The van der Waals surface area contributed by atoms with Crippen LogP contribution >= 0.6 is 0 Å². The van der Waals surface area contributed by atoms with Crippen molar-refractivity contribution in [1.29, 1.82) is 0 Å². The summed E-state index contributed by atoms with van der Waals surface area (Å²) < 4.78 is 7.17. The Morgan fingerprint density at radius 2 is 2.50 bits per heavy atom. The topological polar surface area (TPSA) is 70.1 Å². The maximum absolute atomic E-state index is 11.6. The second kappa shape index (κ2) is 4.09. The molecule has 5 heteroatoms. The highest BCUT2D eigenvalue weighted by molar-refractivity contribution is 5.23. The van der Waals surface area contributed by atoms with Gasteiger partial charge in [0.05, 0.1) is 6.10 Å². The number of rotatable bonds is 2. The first-order valence-electron chi connectivity index (χ1n) is 5.24. The van der Waals surface area contributed by atoms with Gasteiger partial charge in [-0.2, -0.15) is 4.98 Å². The van der Waals surface area contributed by atoms with E-state index in [0.29, 0.717) is 0 Å². The summed E-state index contributed by atoms with van der Waals surface area (Å²) in [7, 11) is 0. The first-order valence-corrected chi connectivity index (χ1v) is 5.24. The fraction of sp³-hybridized carbons (Fsp3) is 0.455. The minimum Gasteiger partial charge on any atom is -0.383 e. The first kappa shape index (κ1) is 10.9. The molecule has 1 fully saturated rings. The summed E-state index contributed by atoms with van der Waals surface area (Å²) in [6.45, 7) is 5.73. The van der Waals surface area contributed by atoms with E-state index in [1.165, 1.54) is 4.57 Å². The molecule has 2 heterocycles. The summed E-state index contributed by atoms with van der Waals surface area (Å²) in [5.41, 5.74) is 5.06. The van der Waals surface area contributed by atoms with Crippen molar-refractivity contribution in [1.82, 2.24) is 9.55 Å². The molecule has 1 aliphatic heterocycles. The predicted molar refractivity (Wildman–Crippen MR) is 60.8 cm³/mol. The molecule has 3 atom stereocenters. The number of hydrogen-bond acceptors (Lipinski definition) is 4. The van der Waals surface area contributed by atoms with Crippen molar-refractivity contribution in [3.8, 4) is 0 Å². The van der Waals surface area contributed by atoms with Crippen LogP contribution in [0.4, 0.5) is 5.82 Å². The summed E-state index contributed by atoms with van der Waals surface area (Å²) in [6.07, 6.45) is 3.97. The van der Waals surface area contributed by atoms with Gasteiger partial charge in [-0.25, -0.2) is 4.79 Å². The fourth-order valence-corrected chi connectivity index (χ4v) is 1.96. The molecule has 0 radical (unpaired) electrons. The summed E-state index contributed by atoms with van der Waals surface area (Å²) in [5.74, 6) is 0.485. The van der Waals surface area contributed by atoms with Gasteiger partial charge in [-0.3, -0.25) is 4.57 Å². The zero-order chi connectivity index (χ0) is 11.7. The average molecular weight is 221 g/mol. The molecule has 16 heavy (non-hydrogen) atoms. The fourth-order valence-electron chi connectivity index (χ4n) is 1.96. The number of nitrogens with zero attached hydrogens (tertiary/aromatic N) is 2. The van der Waals surface area contributed by atoms with Crippen LogP contribution in [0.15, 0.2) is 29.7 Å². The molecule has 2 N–H and O–H groups in total. The van der Waals surface area contributed by atoms with Crippen LogP contribution in [-0.2, 0) is 4.74 Å². The van der Waals surface area contributed by atoms with Gasteiger partial charge >= 0.3 is 5.69 Å². The van der Waals surface area contributed by atoms with Crippen LogP contribution < -0.4 is 11.4 Å². The number of ether oxygens (including phenoxy) is 1. The molecule has 1 aliphatic rings. The van der Waals surface area contributed by atoms with Crippen molar-refractivity contribution in [3.05, 3.63) is 35.4 Å². The lowest BCUT2D eigenvalue weighted by Crippen LogP contribution is -2.29. The Labute approximate surface area is 93.6 Å². The molecule has 0 aromatic carbocycles. The average Bonchev–Trinajstić information content (AvgIpc) is 2.60. The van der Waals surface area contributed by atoms with E-state index >= 15 is 0 Å². The number of nitrogens with two attached hydrogens (primary N) is 1. The number of hydrogen-bond donors (Lipinski definition) is 1. The molecule has 86 valence electrons. The largest absolute Gasteiger partial charge is 0.383 e. The molecule has 0 aliphatic carbocycles. The number of aromatic nitrogens is 2. The van der Waals surface area contributed by atoms with Crippen molar-refractivity contribution in [2.75, 3.05) is 5.73 Å². The highest BCUT2D eigenvalue weighted by atomic mass is 16.5. The summed E-state index contributed by atoms with van der Waals surface area (Å²) in [6, 6.07) is 1.60. The Bertz CT molecular complexity index is 455. The molecule has 1 unspecified atom stereocenters. The Balaban J connectivity index is 2.31. The minimum absolute atomic E-state index is 0.00412. The van der Waals surface area contributed by atoms with Crippen molar-refractivity contribution < 1.29 is 4.74 Å². The van der Waals surface area contributed by atoms with E-state index in [2.05, 4.69) is 11.6 Å². The van der Waals surface area contributed by atoms with E-state index in [4.69, 9.17) is 10.5 Å². The zero-order valence-corrected chi connectivity index (χ0v) is 9.17. The summed E-state index contributed by atoms with van der Waals surface area (Å²) >= 11 is 0. The third kappa shape index (κ3) is 1.86. The van der Waals surface area contributed by atoms with Gasteiger partial charge in [0.15, 0.2) is 0 Å². The van der Waals surface area contributed by atoms with Crippen LogP contribution in [0.2, 0.25) is 0 Å². The highest BCUT2D eigenvalue weighted by Crippen LogP contribution is 2.33. The molecule has 0 amide bonds. The molecule has 2 rings (SSSR count). The van der Waals surface area contributed by atoms with E-state index < -0.39 is 0 Å². The molecule has 0 saturated carbocycles. The van der Waals surface area contributed by atoms with Crippen molar-refractivity contribution in [2.45, 2.75) is 25.7 Å². The normalized spacial score (nSPS) is 29.2. The van der Waals surface area contributed by atoms with Crippen molar-refractivity contribution >= 4 is 5.82 Å². The number of anilines is 1. The summed E-state index contributed by atoms with van der Waals surface area (Å²) in [5, 5.41) is 0. The summed E-state index contributed by atoms with van der Waals surface area (Å²) in [4.78, 5) is 15.3. The molecule has 0 bridgehead atoms. The molecular formula is C11H15N3O2. The van der Waals surface area contributed by atoms with Crippen molar-refractivity contribution in [2.24, 2.45) is 5.92 Å². The van der Waals surface area contributed by atoms with Gasteiger partial charge in [0.1, 0.15) is 12.0 Å². The second-order valence-corrected chi connectivity index (χ2v) is 4.06. The maximum atomic E-state index is 11.6. The van der Waals surface area contributed by atoms with Gasteiger partial charge in [-0.05, 0) is 12.5 Å². The van der Waals surface area contributed by atoms with E-state index in [9.17, 15) is 4.79 Å². The van der Waals surface area contributed by atoms with Gasteiger partial charge in [0.25, 0.3) is 0 Å². The molecule has 1 saturated heterocycles. The smallest absolute Gasteiger partial charge is 0.351 e. The molecule has 5 nitrogen and oxygen atoms in total. The SMILES string of the molecule is C=C[C@@H]1C[C@H](C)C(n2ccc(N)nc2=O)O1. The monoisotopic (exact) mass is 221 g/mol. The molecule has 0 spiro atoms. The van der Waals surface area contributed by atoms with Gasteiger partial charge in [0, 0.05) is 12.1 Å². The zero-order valence-electron chi connectivity index (χ0n) is 9.17. The lowest BCUT2D eigenvalue weighted by molar-refractivity contribution is 0.00542. The van der Waals surface area contributed by atoms with Gasteiger partial charge in [-0.1, -0.05) is 13.0 Å². The molecular weight excluding hydrogens is 206 g/mol. The Morgan fingerprint density at radius 1 is 1.75 bits per heavy atom. The lowest BCUT2D eigenvalue weighted by atomic mass is 10.1. The maximum Gasteiger partial charge on any atom is 0.351 e. The highest BCUT2D eigenvalue weighted by Gasteiger charge is 2.32. The standard InChI is InChI=1S/C11H15N3O2/c1-3-8-6-7(2)10(16-8)14-5-4-9(12)13-11(14)15/h3-5,7-8,10H,1,6H2,2H3,(H2,12,13,15)/t7-,8+,10?/m0/s1. The quantitative estimate of drug-likeness (QED) is 0.754. The van der Waals surface area contributed by atoms with Crippen molar-refractivity contribution in [3.63, 3.8) is 0 Å². The van der Waals surface area contributed by atoms with E-state index in [1.54, 1.807) is 18.3 Å². The van der Waals surface area contributed by atoms with E-state index in [0.717, 1.165) is 6.42 Å². The van der Waals surface area contributed by atoms with Crippen LogP contribution in [-0.4, -0.2) is 15.7 Å². The number of nitrogen functional groups attached to an aromatic ring is 1. The van der Waals surface area contributed by atoms with Gasteiger partial charge < -0.3 is 10.5 Å². The van der Waals surface area contributed by atoms with Crippen LogP contribution in [0.5, 0.6) is 0 Å². The van der Waals surface area contributed by atoms with E-state index in [1.807, 2.05) is 6.92 Å². The Morgan fingerprint density at radius 3 is 3.06 bits per heavy atom. The van der Waals surface area contributed by atoms with Crippen LogP contribution in [0, 0.1) is 5.92 Å². The first-order chi connectivity index (χ1) is 7.61. The molecule has 1 aromatic rings. The lowest BCUT2D eigenvalue weighted by Gasteiger charge is -2.17. The van der Waals surface area contributed by atoms with Crippen LogP contribution in [0.3, 0.4) is 0 Å². The van der Waals surface area contributed by atoms with Gasteiger partial charge in [0.2, 0.25) is 0 Å². The second-order valence-electron chi connectivity index (χ2n) is 4.06. The van der Waals surface area contributed by atoms with Crippen LogP contribution in [0.25, 0.3) is 0 Å².